The predicted octanol–water partition coefficient (Wildman–Crippen LogP) is 5.76. The highest BCUT2D eigenvalue weighted by molar-refractivity contribution is 5.92. The molecular weight excluding hydrogens is 384 g/mol. The summed E-state index contributed by atoms with van der Waals surface area (Å²) in [5, 5.41) is 4.17. The van der Waals surface area contributed by atoms with Gasteiger partial charge in [0.15, 0.2) is 0 Å². The van der Waals surface area contributed by atoms with E-state index in [9.17, 15) is 4.79 Å². The van der Waals surface area contributed by atoms with Gasteiger partial charge in [-0.05, 0) is 78.4 Å². The minimum absolute atomic E-state index is 0.0112. The maximum atomic E-state index is 13.1. The highest BCUT2D eigenvalue weighted by atomic mass is 16.2. The van der Waals surface area contributed by atoms with E-state index < -0.39 is 0 Å². The smallest absolute Gasteiger partial charge is 0.230 e. The van der Waals surface area contributed by atoms with Crippen LogP contribution in [0.1, 0.15) is 41.9 Å². The summed E-state index contributed by atoms with van der Waals surface area (Å²) in [6.07, 6.45) is 8.49. The van der Waals surface area contributed by atoms with Gasteiger partial charge in [-0.25, -0.2) is 9.97 Å². The lowest BCUT2D eigenvalue weighted by Gasteiger charge is -2.21. The Hall–Kier alpha value is -3.47. The molecule has 1 aliphatic rings. The molecule has 0 radical (unpaired) electrons. The van der Waals surface area contributed by atoms with Crippen LogP contribution >= 0.6 is 0 Å². The molecule has 0 saturated heterocycles. The summed E-state index contributed by atoms with van der Waals surface area (Å²) in [7, 11) is 0. The summed E-state index contributed by atoms with van der Waals surface area (Å²) < 4.78 is 0. The van der Waals surface area contributed by atoms with E-state index in [4.69, 9.17) is 0 Å². The molecule has 2 aromatic heterocycles. The quantitative estimate of drug-likeness (QED) is 0.449. The van der Waals surface area contributed by atoms with E-state index in [0.29, 0.717) is 5.95 Å². The second-order valence-corrected chi connectivity index (χ2v) is 8.52. The van der Waals surface area contributed by atoms with Crippen molar-refractivity contribution in [2.45, 2.75) is 39.0 Å². The first-order valence-corrected chi connectivity index (χ1v) is 10.9. The van der Waals surface area contributed by atoms with Gasteiger partial charge in [0.2, 0.25) is 11.9 Å². The van der Waals surface area contributed by atoms with Gasteiger partial charge < -0.3 is 4.98 Å². The Bertz CT molecular complexity index is 1240. The molecule has 0 aliphatic heterocycles. The van der Waals surface area contributed by atoms with Crippen molar-refractivity contribution in [2.75, 3.05) is 5.32 Å². The third-order valence-corrected chi connectivity index (χ3v) is 6.54. The van der Waals surface area contributed by atoms with Gasteiger partial charge in [-0.3, -0.25) is 10.1 Å². The van der Waals surface area contributed by atoms with Gasteiger partial charge in [0.1, 0.15) is 0 Å². The zero-order chi connectivity index (χ0) is 21.4. The molecular formula is C26H26N4O. The standard InChI is InChI=1S/C26H26N4O/c1-16-6-3-4-7-20(16)19-14-28-26(29-15-19)30-25(31)22-9-5-8-21(22)23-13-24-18(10-11-27-24)12-17(23)2/h3-4,6-7,10-15,21-22,27H,5,8-9H2,1-2H3,(H,28,29,30,31). The highest BCUT2D eigenvalue weighted by Gasteiger charge is 2.35. The predicted molar refractivity (Wildman–Crippen MR) is 124 cm³/mol. The number of aryl methyl sites for hydroxylation is 2. The van der Waals surface area contributed by atoms with Crippen molar-refractivity contribution in [3.05, 3.63) is 77.7 Å². The highest BCUT2D eigenvalue weighted by Crippen LogP contribution is 2.42. The number of hydrogen-bond acceptors (Lipinski definition) is 3. The molecule has 5 nitrogen and oxygen atoms in total. The molecule has 0 bridgehead atoms. The zero-order valence-electron chi connectivity index (χ0n) is 17.9. The molecule has 2 atom stereocenters. The number of fused-ring (bicyclic) bond motifs is 1. The number of nitrogens with zero attached hydrogens (tertiary/aromatic N) is 2. The summed E-state index contributed by atoms with van der Waals surface area (Å²) in [5.74, 6) is 0.534. The Labute approximate surface area is 182 Å². The van der Waals surface area contributed by atoms with Gasteiger partial charge in [0.25, 0.3) is 0 Å². The molecule has 5 rings (SSSR count). The lowest BCUT2D eigenvalue weighted by Crippen LogP contribution is -2.26. The van der Waals surface area contributed by atoms with Crippen molar-refractivity contribution in [2.24, 2.45) is 5.92 Å². The number of hydrogen-bond donors (Lipinski definition) is 2. The molecule has 2 aromatic carbocycles. The largest absolute Gasteiger partial charge is 0.361 e. The summed E-state index contributed by atoms with van der Waals surface area (Å²) in [6.45, 7) is 4.21. The van der Waals surface area contributed by atoms with Crippen molar-refractivity contribution in [3.63, 3.8) is 0 Å². The van der Waals surface area contributed by atoms with Crippen molar-refractivity contribution in [1.29, 1.82) is 0 Å². The molecule has 0 spiro atoms. The summed E-state index contributed by atoms with van der Waals surface area (Å²) in [6, 6.07) is 14.7. The van der Waals surface area contributed by atoms with Crippen LogP contribution in [0.15, 0.2) is 61.1 Å². The van der Waals surface area contributed by atoms with Crippen molar-refractivity contribution in [1.82, 2.24) is 15.0 Å². The molecule has 1 amide bonds. The molecule has 1 aliphatic carbocycles. The number of rotatable bonds is 4. The number of nitrogens with one attached hydrogen (secondary N) is 2. The van der Waals surface area contributed by atoms with Crippen LogP contribution < -0.4 is 5.32 Å². The SMILES string of the molecule is Cc1ccccc1-c1cnc(NC(=O)C2CCCC2c2cc3[nH]ccc3cc2C)nc1. The van der Waals surface area contributed by atoms with E-state index >= 15 is 0 Å². The van der Waals surface area contributed by atoms with Crippen LogP contribution in [-0.2, 0) is 4.79 Å². The normalized spacial score (nSPS) is 18.4. The number of aromatic nitrogens is 3. The Morgan fingerprint density at radius 3 is 2.65 bits per heavy atom. The molecule has 4 aromatic rings. The third kappa shape index (κ3) is 3.72. The van der Waals surface area contributed by atoms with Crippen LogP contribution in [0.2, 0.25) is 0 Å². The van der Waals surface area contributed by atoms with Gasteiger partial charge in [0.05, 0.1) is 0 Å². The maximum absolute atomic E-state index is 13.1. The Morgan fingerprint density at radius 1 is 1.03 bits per heavy atom. The molecule has 1 saturated carbocycles. The Balaban J connectivity index is 1.34. The topological polar surface area (TPSA) is 70.7 Å². The molecule has 2 unspecified atom stereocenters. The van der Waals surface area contributed by atoms with Crippen LogP contribution in [0.25, 0.3) is 22.0 Å². The van der Waals surface area contributed by atoms with Crippen molar-refractivity contribution >= 4 is 22.8 Å². The lowest BCUT2D eigenvalue weighted by molar-refractivity contribution is -0.120. The van der Waals surface area contributed by atoms with E-state index in [1.807, 2.05) is 18.3 Å². The third-order valence-electron chi connectivity index (χ3n) is 6.54. The van der Waals surface area contributed by atoms with E-state index in [-0.39, 0.29) is 17.7 Å². The molecule has 5 heteroatoms. The van der Waals surface area contributed by atoms with Crippen LogP contribution in [0.4, 0.5) is 5.95 Å². The average molecular weight is 411 g/mol. The summed E-state index contributed by atoms with van der Waals surface area (Å²) in [4.78, 5) is 25.2. The van der Waals surface area contributed by atoms with Crippen molar-refractivity contribution in [3.8, 4) is 11.1 Å². The van der Waals surface area contributed by atoms with Crippen molar-refractivity contribution < 1.29 is 4.79 Å². The molecule has 156 valence electrons. The Morgan fingerprint density at radius 2 is 1.84 bits per heavy atom. The van der Waals surface area contributed by atoms with Gasteiger partial charge in [0, 0.05) is 35.6 Å². The maximum Gasteiger partial charge on any atom is 0.230 e. The first kappa shape index (κ1) is 19.5. The second kappa shape index (κ2) is 7.99. The van der Waals surface area contributed by atoms with Gasteiger partial charge in [-0.15, -0.1) is 0 Å². The minimum Gasteiger partial charge on any atom is -0.361 e. The number of H-pyrrole nitrogens is 1. The Kier molecular flexibility index (Phi) is 5.02. The van der Waals surface area contributed by atoms with Gasteiger partial charge >= 0.3 is 0 Å². The fourth-order valence-corrected chi connectivity index (χ4v) is 4.91. The van der Waals surface area contributed by atoms with Crippen LogP contribution in [0.5, 0.6) is 0 Å². The number of anilines is 1. The van der Waals surface area contributed by atoms with E-state index in [1.54, 1.807) is 12.4 Å². The summed E-state index contributed by atoms with van der Waals surface area (Å²) in [5.41, 5.74) is 6.86. The second-order valence-electron chi connectivity index (χ2n) is 8.52. The minimum atomic E-state index is -0.0641. The fourth-order valence-electron chi connectivity index (χ4n) is 4.91. The monoisotopic (exact) mass is 410 g/mol. The number of carbonyl (C=O) groups excluding carboxylic acids is 1. The van der Waals surface area contributed by atoms with Crippen LogP contribution in [0, 0.1) is 19.8 Å². The first-order valence-electron chi connectivity index (χ1n) is 10.9. The van der Waals surface area contributed by atoms with E-state index in [0.717, 1.165) is 35.9 Å². The van der Waals surface area contributed by atoms with Crippen LogP contribution in [-0.4, -0.2) is 20.9 Å². The fraction of sp³-hybridized carbons (Fsp3) is 0.269. The van der Waals surface area contributed by atoms with Crippen LogP contribution in [0.3, 0.4) is 0 Å². The number of benzene rings is 2. The molecule has 31 heavy (non-hydrogen) atoms. The van der Waals surface area contributed by atoms with Gasteiger partial charge in [-0.2, -0.15) is 0 Å². The van der Waals surface area contributed by atoms with Gasteiger partial charge in [-0.1, -0.05) is 30.7 Å². The average Bonchev–Trinajstić information content (AvgIpc) is 3.43. The molecule has 2 N–H and O–H groups in total. The number of aromatic amines is 1. The first-order chi connectivity index (χ1) is 15.1. The molecule has 2 heterocycles. The summed E-state index contributed by atoms with van der Waals surface area (Å²) >= 11 is 0. The molecule has 1 fully saturated rings. The zero-order valence-corrected chi connectivity index (χ0v) is 17.9. The van der Waals surface area contributed by atoms with E-state index in [1.165, 1.54) is 22.1 Å². The number of amides is 1. The lowest BCUT2D eigenvalue weighted by atomic mass is 9.85. The number of carbonyl (C=O) groups is 1. The van der Waals surface area contributed by atoms with E-state index in [2.05, 4.69) is 64.4 Å².